The van der Waals surface area contributed by atoms with Gasteiger partial charge in [-0.25, -0.2) is 0 Å². The topological polar surface area (TPSA) is 40.5 Å². The van der Waals surface area contributed by atoms with Gasteiger partial charge in [0.05, 0.1) is 18.6 Å². The van der Waals surface area contributed by atoms with E-state index in [9.17, 15) is 9.90 Å². The lowest BCUT2D eigenvalue weighted by Crippen LogP contribution is -2.29. The Morgan fingerprint density at radius 3 is 2.26 bits per heavy atom. The molecule has 2 unspecified atom stereocenters. The van der Waals surface area contributed by atoms with Gasteiger partial charge in [0.2, 0.25) is 5.91 Å². The molecule has 3 heteroatoms. The molecule has 2 rings (SSSR count). The zero-order chi connectivity index (χ0) is 14.2. The van der Waals surface area contributed by atoms with Gasteiger partial charge >= 0.3 is 0 Å². The molecule has 0 aliphatic carbocycles. The molecule has 0 radical (unpaired) electrons. The monoisotopic (exact) mass is 261 g/mol. The first-order chi connectivity index (χ1) is 8.79. The van der Waals surface area contributed by atoms with Crippen LogP contribution in [-0.2, 0) is 10.2 Å². The molecule has 0 bridgehead atoms. The van der Waals surface area contributed by atoms with Crippen LogP contribution in [0.5, 0.6) is 0 Å². The summed E-state index contributed by atoms with van der Waals surface area (Å²) in [6.07, 6.45) is -0.256. The van der Waals surface area contributed by atoms with Crippen molar-refractivity contribution in [2.75, 3.05) is 6.54 Å². The predicted molar refractivity (Wildman–Crippen MR) is 75.9 cm³/mol. The van der Waals surface area contributed by atoms with Crippen molar-refractivity contribution in [1.82, 2.24) is 4.90 Å². The zero-order valence-corrected chi connectivity index (χ0v) is 12.2. The summed E-state index contributed by atoms with van der Waals surface area (Å²) in [5.41, 5.74) is 2.55. The third-order valence-corrected chi connectivity index (χ3v) is 3.86. The van der Waals surface area contributed by atoms with Crippen molar-refractivity contribution >= 4 is 5.91 Å². The molecule has 1 amide bonds. The quantitative estimate of drug-likeness (QED) is 0.889. The molecule has 1 fully saturated rings. The van der Waals surface area contributed by atoms with Crippen LogP contribution in [0.3, 0.4) is 0 Å². The van der Waals surface area contributed by atoms with Crippen molar-refractivity contribution in [3.05, 3.63) is 35.4 Å². The summed E-state index contributed by atoms with van der Waals surface area (Å²) in [4.78, 5) is 13.6. The number of carbonyl (C=O) groups is 1. The molecule has 3 nitrogen and oxygen atoms in total. The maximum Gasteiger partial charge on any atom is 0.225 e. The van der Waals surface area contributed by atoms with Crippen LogP contribution in [0, 0.1) is 0 Å². The average molecular weight is 261 g/mol. The number of nitrogens with zero attached hydrogens (tertiary/aromatic N) is 1. The van der Waals surface area contributed by atoms with Crippen LogP contribution in [0.25, 0.3) is 0 Å². The summed E-state index contributed by atoms with van der Waals surface area (Å²) in [6.45, 7) is 9.02. The second-order valence-electron chi connectivity index (χ2n) is 6.45. The lowest BCUT2D eigenvalue weighted by molar-refractivity contribution is -0.129. The van der Waals surface area contributed by atoms with Gasteiger partial charge in [-0.1, -0.05) is 45.0 Å². The number of aliphatic hydroxyl groups is 1. The second kappa shape index (κ2) is 4.97. The van der Waals surface area contributed by atoms with E-state index in [-0.39, 0.29) is 23.8 Å². The summed E-state index contributed by atoms with van der Waals surface area (Å²) in [5, 5.41) is 9.55. The van der Waals surface area contributed by atoms with E-state index in [4.69, 9.17) is 0 Å². The second-order valence-corrected chi connectivity index (χ2v) is 6.45. The third kappa shape index (κ3) is 2.98. The number of carbonyl (C=O) groups excluding carboxylic acids is 1. The van der Waals surface area contributed by atoms with Crippen molar-refractivity contribution in [3.8, 4) is 0 Å². The van der Waals surface area contributed by atoms with Crippen LogP contribution in [0.2, 0.25) is 0 Å². The predicted octanol–water partition coefficient (Wildman–Crippen LogP) is 2.64. The Hall–Kier alpha value is -1.35. The Labute approximate surface area is 115 Å². The van der Waals surface area contributed by atoms with Crippen LogP contribution in [-0.4, -0.2) is 28.6 Å². The fraction of sp³-hybridized carbons (Fsp3) is 0.562. The lowest BCUT2D eigenvalue weighted by atomic mass is 9.86. The van der Waals surface area contributed by atoms with Crippen molar-refractivity contribution in [2.24, 2.45) is 0 Å². The highest BCUT2D eigenvalue weighted by Crippen LogP contribution is 2.28. The van der Waals surface area contributed by atoms with Gasteiger partial charge in [0.15, 0.2) is 0 Å². The molecule has 1 aromatic carbocycles. The largest absolute Gasteiger partial charge is 0.391 e. The van der Waals surface area contributed by atoms with Crippen LogP contribution in [0.4, 0.5) is 0 Å². The molecular weight excluding hydrogens is 238 g/mol. The molecule has 1 N–H and O–H groups in total. The van der Waals surface area contributed by atoms with Crippen molar-refractivity contribution in [3.63, 3.8) is 0 Å². The van der Waals surface area contributed by atoms with Crippen LogP contribution in [0.15, 0.2) is 24.3 Å². The van der Waals surface area contributed by atoms with Gasteiger partial charge in [-0.15, -0.1) is 0 Å². The highest BCUT2D eigenvalue weighted by Gasteiger charge is 2.31. The normalized spacial score (nSPS) is 21.8. The first-order valence-electron chi connectivity index (χ1n) is 6.87. The van der Waals surface area contributed by atoms with Crippen molar-refractivity contribution in [2.45, 2.75) is 51.7 Å². The Balaban J connectivity index is 2.16. The summed E-state index contributed by atoms with van der Waals surface area (Å²) >= 11 is 0. The van der Waals surface area contributed by atoms with E-state index < -0.39 is 6.10 Å². The number of hydrogen-bond acceptors (Lipinski definition) is 2. The van der Waals surface area contributed by atoms with E-state index in [0.717, 1.165) is 5.56 Å². The fourth-order valence-electron chi connectivity index (χ4n) is 2.53. The average Bonchev–Trinajstić information content (AvgIpc) is 2.66. The molecule has 19 heavy (non-hydrogen) atoms. The minimum Gasteiger partial charge on any atom is -0.391 e. The molecule has 0 spiro atoms. The number of aliphatic hydroxyl groups excluding tert-OH is 1. The number of amides is 1. The van der Waals surface area contributed by atoms with E-state index in [1.54, 1.807) is 4.90 Å². The summed E-state index contributed by atoms with van der Waals surface area (Å²) in [5.74, 6) is 0.0416. The molecule has 0 saturated carbocycles. The maximum absolute atomic E-state index is 11.8. The zero-order valence-electron chi connectivity index (χ0n) is 12.2. The molecule has 2 atom stereocenters. The van der Waals surface area contributed by atoms with Crippen molar-refractivity contribution < 1.29 is 9.90 Å². The molecule has 1 saturated heterocycles. The molecule has 1 aromatic rings. The fourth-order valence-corrected chi connectivity index (χ4v) is 2.53. The molecular formula is C16H23NO2. The minimum atomic E-state index is -0.510. The Morgan fingerprint density at radius 2 is 1.84 bits per heavy atom. The van der Waals surface area contributed by atoms with E-state index in [1.807, 2.05) is 6.92 Å². The number of likely N-dealkylation sites (tertiary alicyclic amines) is 1. The van der Waals surface area contributed by atoms with Gasteiger partial charge in [0.1, 0.15) is 0 Å². The molecule has 1 aliphatic rings. The van der Waals surface area contributed by atoms with Gasteiger partial charge in [-0.3, -0.25) is 4.79 Å². The lowest BCUT2D eigenvalue weighted by Gasteiger charge is -2.26. The van der Waals surface area contributed by atoms with E-state index in [2.05, 4.69) is 45.0 Å². The van der Waals surface area contributed by atoms with Crippen molar-refractivity contribution in [1.29, 1.82) is 0 Å². The Kier molecular flexibility index (Phi) is 3.68. The number of rotatable bonds is 2. The SMILES string of the molecule is CC(c1ccc(C(C)(C)C)cc1)N1CC(O)CC1=O. The van der Waals surface area contributed by atoms with Gasteiger partial charge in [0.25, 0.3) is 0 Å². The minimum absolute atomic E-state index is 0.0265. The van der Waals surface area contributed by atoms with E-state index in [0.29, 0.717) is 6.54 Å². The molecule has 104 valence electrons. The van der Waals surface area contributed by atoms with Gasteiger partial charge < -0.3 is 10.0 Å². The van der Waals surface area contributed by atoms with Crippen LogP contribution in [0.1, 0.15) is 51.3 Å². The summed E-state index contributed by atoms with van der Waals surface area (Å²) in [6, 6.07) is 8.46. The van der Waals surface area contributed by atoms with E-state index >= 15 is 0 Å². The highest BCUT2D eigenvalue weighted by molar-refractivity contribution is 5.79. The van der Waals surface area contributed by atoms with Crippen LogP contribution < -0.4 is 0 Å². The highest BCUT2D eigenvalue weighted by atomic mass is 16.3. The van der Waals surface area contributed by atoms with Gasteiger partial charge in [0, 0.05) is 6.54 Å². The molecule has 1 aliphatic heterocycles. The summed E-state index contributed by atoms with van der Waals surface area (Å²) < 4.78 is 0. The molecule has 1 heterocycles. The number of benzene rings is 1. The third-order valence-electron chi connectivity index (χ3n) is 3.86. The van der Waals surface area contributed by atoms with Gasteiger partial charge in [-0.05, 0) is 23.5 Å². The standard InChI is InChI=1S/C16H23NO2/c1-11(17-10-14(18)9-15(17)19)12-5-7-13(8-6-12)16(2,3)4/h5-8,11,14,18H,9-10H2,1-4H3. The van der Waals surface area contributed by atoms with Crippen LogP contribution >= 0.6 is 0 Å². The Bertz CT molecular complexity index is 459. The first kappa shape index (κ1) is 14.1. The number of hydrogen-bond donors (Lipinski definition) is 1. The summed E-state index contributed by atoms with van der Waals surface area (Å²) in [7, 11) is 0. The smallest absolute Gasteiger partial charge is 0.225 e. The molecule has 0 aromatic heterocycles. The first-order valence-corrected chi connectivity index (χ1v) is 6.87. The Morgan fingerprint density at radius 1 is 1.26 bits per heavy atom. The maximum atomic E-state index is 11.8. The number of β-amino-alcohol motifs (C(OH)–C–C–N with tert-alkyl or cyclic N) is 1. The van der Waals surface area contributed by atoms with Gasteiger partial charge in [-0.2, -0.15) is 0 Å². The van der Waals surface area contributed by atoms with E-state index in [1.165, 1.54) is 5.56 Å².